The van der Waals surface area contributed by atoms with Crippen molar-refractivity contribution in [1.82, 2.24) is 20.1 Å². The lowest BCUT2D eigenvalue weighted by atomic mass is 10.1. The lowest BCUT2D eigenvalue weighted by Crippen LogP contribution is -2.55. The molecule has 1 aromatic carbocycles. The molecule has 2 heterocycles. The lowest BCUT2D eigenvalue weighted by Gasteiger charge is -2.35. The summed E-state index contributed by atoms with van der Waals surface area (Å²) in [5.74, 6) is 0. The molecule has 1 saturated heterocycles. The number of benzene rings is 1. The SMILES string of the molecule is CCCCCCCCNNC1CCCCN1S(=O)(=O)c1cccc2cnccc12.Cl.Cl. The Hall–Kier alpha value is -0.960. The van der Waals surface area contributed by atoms with E-state index in [-0.39, 0.29) is 31.0 Å². The van der Waals surface area contributed by atoms with Gasteiger partial charge in [0.15, 0.2) is 0 Å². The Morgan fingerprint density at radius 3 is 2.65 bits per heavy atom. The van der Waals surface area contributed by atoms with Crippen molar-refractivity contribution >= 4 is 45.6 Å². The molecule has 1 atom stereocenters. The minimum atomic E-state index is -3.59. The first kappa shape index (κ1) is 28.1. The van der Waals surface area contributed by atoms with Crippen molar-refractivity contribution < 1.29 is 8.42 Å². The van der Waals surface area contributed by atoms with Gasteiger partial charge < -0.3 is 0 Å². The molecule has 0 saturated carbocycles. The molecule has 2 aromatic rings. The maximum Gasteiger partial charge on any atom is 0.245 e. The van der Waals surface area contributed by atoms with Crippen LogP contribution < -0.4 is 10.9 Å². The third-order valence-electron chi connectivity index (χ3n) is 5.61. The van der Waals surface area contributed by atoms with Gasteiger partial charge in [-0.05, 0) is 37.8 Å². The van der Waals surface area contributed by atoms with Crippen LogP contribution in [0.3, 0.4) is 0 Å². The number of hydrogen-bond acceptors (Lipinski definition) is 5. The van der Waals surface area contributed by atoms with E-state index in [1.807, 2.05) is 6.07 Å². The number of aromatic nitrogens is 1. The Labute approximate surface area is 199 Å². The molecule has 1 aliphatic rings. The Bertz CT molecular complexity index is 877. The van der Waals surface area contributed by atoms with Crippen LogP contribution in [0.5, 0.6) is 0 Å². The van der Waals surface area contributed by atoms with E-state index in [0.717, 1.165) is 43.0 Å². The normalized spacial score (nSPS) is 17.1. The highest BCUT2D eigenvalue weighted by Gasteiger charge is 2.34. The number of piperidine rings is 1. The quantitative estimate of drug-likeness (QED) is 0.341. The van der Waals surface area contributed by atoms with E-state index in [1.54, 1.807) is 34.9 Å². The third kappa shape index (κ3) is 7.55. The van der Waals surface area contributed by atoms with Gasteiger partial charge in [-0.15, -0.1) is 24.8 Å². The van der Waals surface area contributed by atoms with Crippen LogP contribution in [0.15, 0.2) is 41.6 Å². The molecular weight excluding hydrogens is 455 g/mol. The van der Waals surface area contributed by atoms with Crippen molar-refractivity contribution in [3.8, 4) is 0 Å². The van der Waals surface area contributed by atoms with Crippen LogP contribution in [-0.2, 0) is 10.0 Å². The number of pyridine rings is 1. The third-order valence-corrected chi connectivity index (χ3v) is 7.57. The predicted molar refractivity (Wildman–Crippen MR) is 132 cm³/mol. The molecule has 1 aromatic heterocycles. The number of halogens is 2. The van der Waals surface area contributed by atoms with Crippen molar-refractivity contribution in [2.75, 3.05) is 13.1 Å². The largest absolute Gasteiger partial charge is 0.264 e. The topological polar surface area (TPSA) is 74.3 Å². The van der Waals surface area contributed by atoms with Crippen LogP contribution in [0.4, 0.5) is 0 Å². The predicted octanol–water partition coefficient (Wildman–Crippen LogP) is 5.03. The summed E-state index contributed by atoms with van der Waals surface area (Å²) in [6.45, 7) is 3.63. The van der Waals surface area contributed by atoms with Gasteiger partial charge >= 0.3 is 0 Å². The number of hydrazine groups is 1. The van der Waals surface area contributed by atoms with Crippen molar-refractivity contribution in [2.24, 2.45) is 0 Å². The average Bonchev–Trinajstić information content (AvgIpc) is 2.75. The Morgan fingerprint density at radius 1 is 1.06 bits per heavy atom. The van der Waals surface area contributed by atoms with Gasteiger partial charge in [-0.25, -0.2) is 13.8 Å². The second kappa shape index (κ2) is 14.2. The fourth-order valence-electron chi connectivity index (χ4n) is 3.96. The molecule has 0 aliphatic carbocycles. The molecule has 31 heavy (non-hydrogen) atoms. The van der Waals surface area contributed by atoms with Crippen molar-refractivity contribution in [1.29, 1.82) is 0 Å². The van der Waals surface area contributed by atoms with Crippen molar-refractivity contribution in [3.63, 3.8) is 0 Å². The van der Waals surface area contributed by atoms with Gasteiger partial charge in [0.25, 0.3) is 0 Å². The highest BCUT2D eigenvalue weighted by Crippen LogP contribution is 2.28. The van der Waals surface area contributed by atoms with Crippen LogP contribution in [0.2, 0.25) is 0 Å². The van der Waals surface area contributed by atoms with Crippen LogP contribution in [-0.4, -0.2) is 37.0 Å². The Kier molecular flexibility index (Phi) is 12.9. The second-order valence-corrected chi connectivity index (χ2v) is 9.68. The number of fused-ring (bicyclic) bond motifs is 1. The van der Waals surface area contributed by atoms with Gasteiger partial charge in [0.05, 0.1) is 11.1 Å². The molecule has 1 fully saturated rings. The molecule has 2 N–H and O–H groups in total. The van der Waals surface area contributed by atoms with Gasteiger partial charge in [0.1, 0.15) is 0 Å². The van der Waals surface area contributed by atoms with Crippen LogP contribution in [0.25, 0.3) is 10.8 Å². The van der Waals surface area contributed by atoms with E-state index in [0.29, 0.717) is 11.4 Å². The molecule has 6 nitrogen and oxygen atoms in total. The van der Waals surface area contributed by atoms with Crippen molar-refractivity contribution in [3.05, 3.63) is 36.7 Å². The monoisotopic (exact) mass is 490 g/mol. The van der Waals surface area contributed by atoms with Crippen LogP contribution >= 0.6 is 24.8 Å². The molecule has 9 heteroatoms. The first-order chi connectivity index (χ1) is 14.1. The van der Waals surface area contributed by atoms with Crippen molar-refractivity contribution in [2.45, 2.75) is 75.8 Å². The molecule has 3 rings (SSSR count). The summed E-state index contributed by atoms with van der Waals surface area (Å²) in [6, 6.07) is 7.17. The Balaban J connectivity index is 0.00000240. The molecule has 1 unspecified atom stereocenters. The van der Waals surface area contributed by atoms with Gasteiger partial charge in [-0.2, -0.15) is 4.31 Å². The zero-order valence-electron chi connectivity index (χ0n) is 18.3. The van der Waals surface area contributed by atoms with E-state index in [4.69, 9.17) is 0 Å². The zero-order chi connectivity index (χ0) is 20.5. The smallest absolute Gasteiger partial charge is 0.245 e. The van der Waals surface area contributed by atoms with Gasteiger partial charge in [-0.3, -0.25) is 10.4 Å². The second-order valence-electron chi connectivity index (χ2n) is 7.82. The average molecular weight is 492 g/mol. The van der Waals surface area contributed by atoms with Crippen LogP contribution in [0, 0.1) is 0 Å². The molecule has 0 radical (unpaired) electrons. The van der Waals surface area contributed by atoms with Gasteiger partial charge in [0, 0.05) is 36.3 Å². The fourth-order valence-corrected chi connectivity index (χ4v) is 5.79. The first-order valence-electron chi connectivity index (χ1n) is 11.0. The highest BCUT2D eigenvalue weighted by atomic mass is 35.5. The molecule has 0 spiro atoms. The lowest BCUT2D eigenvalue weighted by molar-refractivity contribution is 0.194. The minimum Gasteiger partial charge on any atom is -0.264 e. The molecule has 176 valence electrons. The maximum atomic E-state index is 13.5. The number of unbranched alkanes of at least 4 members (excludes halogenated alkanes) is 5. The Morgan fingerprint density at radius 2 is 1.84 bits per heavy atom. The van der Waals surface area contributed by atoms with Crippen LogP contribution in [0.1, 0.15) is 64.7 Å². The summed E-state index contributed by atoms with van der Waals surface area (Å²) in [4.78, 5) is 4.48. The molecule has 1 aliphatic heterocycles. The number of nitrogens with one attached hydrogen (secondary N) is 2. The summed E-state index contributed by atoms with van der Waals surface area (Å²) in [7, 11) is -3.59. The molecule has 0 bridgehead atoms. The van der Waals surface area contributed by atoms with Gasteiger partial charge in [0.2, 0.25) is 10.0 Å². The van der Waals surface area contributed by atoms with E-state index in [2.05, 4.69) is 22.8 Å². The minimum absolute atomic E-state index is 0. The van der Waals surface area contributed by atoms with Gasteiger partial charge in [-0.1, -0.05) is 51.2 Å². The first-order valence-corrected chi connectivity index (χ1v) is 12.4. The number of hydrogen-bond donors (Lipinski definition) is 2. The summed E-state index contributed by atoms with van der Waals surface area (Å²) in [5.41, 5.74) is 6.55. The summed E-state index contributed by atoms with van der Waals surface area (Å²) < 4.78 is 28.6. The summed E-state index contributed by atoms with van der Waals surface area (Å²) in [5, 5.41) is 1.57. The van der Waals surface area contributed by atoms with E-state index >= 15 is 0 Å². The van der Waals surface area contributed by atoms with E-state index in [9.17, 15) is 8.42 Å². The van der Waals surface area contributed by atoms with E-state index < -0.39 is 10.0 Å². The number of nitrogens with zero attached hydrogens (tertiary/aromatic N) is 2. The number of rotatable bonds is 11. The zero-order valence-corrected chi connectivity index (χ0v) is 20.7. The highest BCUT2D eigenvalue weighted by molar-refractivity contribution is 7.89. The molecule has 0 amide bonds. The fraction of sp³-hybridized carbons (Fsp3) is 0.591. The molecular formula is C22H36Cl2N4O2S. The van der Waals surface area contributed by atoms with E-state index in [1.165, 1.54) is 32.1 Å². The summed E-state index contributed by atoms with van der Waals surface area (Å²) in [6.07, 6.45) is 13.3. The summed E-state index contributed by atoms with van der Waals surface area (Å²) >= 11 is 0. The standard InChI is InChI=1S/C22H34N4O2S.2ClH/c1-2-3-4-5-6-8-15-24-25-22-13-7-9-17-26(22)29(27,28)21-12-10-11-19-18-23-16-14-20(19)21;;/h10-12,14,16,18,22,24-25H,2-9,13,15,17H2,1H3;2*1H. The maximum absolute atomic E-state index is 13.5. The number of sulfonamides is 1.